The molecule has 2 heterocycles. The summed E-state index contributed by atoms with van der Waals surface area (Å²) in [5, 5.41) is 18.0. The summed E-state index contributed by atoms with van der Waals surface area (Å²) in [4.78, 5) is 2.52. The lowest BCUT2D eigenvalue weighted by Crippen LogP contribution is -2.31. The van der Waals surface area contributed by atoms with E-state index in [0.717, 1.165) is 15.3 Å². The molecular formula is C14H10N3S3+. The molecule has 0 aromatic carbocycles. The molecule has 0 aliphatic rings. The Kier molecular flexibility index (Phi) is 4.83. The summed E-state index contributed by atoms with van der Waals surface area (Å²) in [6.45, 7) is 0. The molecule has 0 spiro atoms. The fraction of sp³-hybridized carbons (Fsp3) is 0. The minimum absolute atomic E-state index is 0.116. The Morgan fingerprint density at radius 3 is 2.65 bits per heavy atom. The molecular weight excluding hydrogens is 306 g/mol. The van der Waals surface area contributed by atoms with Crippen molar-refractivity contribution in [2.45, 2.75) is 0 Å². The van der Waals surface area contributed by atoms with E-state index < -0.39 is 0 Å². The SMILES string of the molecule is N#CC(=C=N)[n+]1cccc(/C(S)=C(\S)c2cccs2)c1. The van der Waals surface area contributed by atoms with E-state index in [9.17, 15) is 0 Å². The van der Waals surface area contributed by atoms with Crippen molar-refractivity contribution in [3.05, 3.63) is 52.5 Å². The van der Waals surface area contributed by atoms with Gasteiger partial charge in [-0.1, -0.05) is 6.07 Å². The van der Waals surface area contributed by atoms with E-state index in [4.69, 9.17) is 10.7 Å². The Balaban J connectivity index is 2.49. The lowest BCUT2D eigenvalue weighted by Gasteiger charge is -2.03. The van der Waals surface area contributed by atoms with Gasteiger partial charge in [-0.05, 0) is 17.5 Å². The van der Waals surface area contributed by atoms with Gasteiger partial charge in [0.25, 0.3) is 0 Å². The van der Waals surface area contributed by atoms with E-state index in [-0.39, 0.29) is 5.70 Å². The molecule has 0 aliphatic carbocycles. The van der Waals surface area contributed by atoms with Crippen LogP contribution in [0, 0.1) is 16.7 Å². The second-order valence-corrected chi connectivity index (χ2v) is 5.60. The highest BCUT2D eigenvalue weighted by atomic mass is 32.1. The van der Waals surface area contributed by atoms with Gasteiger partial charge in [0.2, 0.25) is 0 Å². The number of thiol groups is 2. The average Bonchev–Trinajstić information content (AvgIpc) is 3.01. The van der Waals surface area contributed by atoms with Crippen molar-refractivity contribution in [3.63, 3.8) is 0 Å². The van der Waals surface area contributed by atoms with Crippen molar-refractivity contribution < 1.29 is 4.57 Å². The molecule has 0 fully saturated rings. The van der Waals surface area contributed by atoms with Gasteiger partial charge in [-0.2, -0.15) is 5.26 Å². The van der Waals surface area contributed by atoms with E-state index in [1.54, 1.807) is 29.8 Å². The normalized spacial score (nSPS) is 11.2. The summed E-state index contributed by atoms with van der Waals surface area (Å²) >= 11 is 10.6. The molecule has 1 N–H and O–H groups in total. The van der Waals surface area contributed by atoms with Crippen LogP contribution in [0.1, 0.15) is 10.4 Å². The first kappa shape index (κ1) is 14.6. The molecule has 2 aromatic rings. The highest BCUT2D eigenvalue weighted by Gasteiger charge is 2.13. The highest BCUT2D eigenvalue weighted by molar-refractivity contribution is 7.96. The quantitative estimate of drug-likeness (QED) is 0.346. The lowest BCUT2D eigenvalue weighted by atomic mass is 10.2. The van der Waals surface area contributed by atoms with Crippen LogP contribution in [0.4, 0.5) is 0 Å². The number of hydrogen-bond donors (Lipinski definition) is 3. The molecule has 2 aromatic heterocycles. The number of aromatic nitrogens is 1. The fourth-order valence-corrected chi connectivity index (χ4v) is 2.94. The maximum atomic E-state index is 8.93. The number of allylic oxidation sites excluding steroid dienone is 1. The maximum absolute atomic E-state index is 8.93. The summed E-state index contributed by atoms with van der Waals surface area (Å²) in [6.07, 6.45) is 3.42. The Morgan fingerprint density at radius 1 is 1.25 bits per heavy atom. The molecule has 2 rings (SSSR count). The van der Waals surface area contributed by atoms with Crippen LogP contribution in [0.25, 0.3) is 15.5 Å². The Bertz CT molecular complexity index is 748. The molecule has 0 aliphatic heterocycles. The molecule has 0 unspecified atom stereocenters. The zero-order valence-electron chi connectivity index (χ0n) is 10.2. The third-order valence-electron chi connectivity index (χ3n) is 2.54. The number of pyridine rings is 1. The number of thiophene rings is 1. The summed E-state index contributed by atoms with van der Waals surface area (Å²) in [6, 6.07) is 9.50. The topological polar surface area (TPSA) is 51.5 Å². The zero-order chi connectivity index (χ0) is 14.5. The Morgan fingerprint density at radius 2 is 2.05 bits per heavy atom. The molecule has 20 heavy (non-hydrogen) atoms. The van der Waals surface area contributed by atoms with Gasteiger partial charge >= 0.3 is 5.70 Å². The minimum atomic E-state index is 0.116. The Labute approximate surface area is 131 Å². The summed E-state index contributed by atoms with van der Waals surface area (Å²) in [7, 11) is 0. The van der Waals surface area contributed by atoms with Gasteiger partial charge in [0, 0.05) is 20.8 Å². The van der Waals surface area contributed by atoms with Crippen molar-refractivity contribution >= 4 is 58.0 Å². The lowest BCUT2D eigenvalue weighted by molar-refractivity contribution is -0.576. The van der Waals surface area contributed by atoms with Gasteiger partial charge in [0.15, 0.2) is 18.5 Å². The molecule has 6 heteroatoms. The van der Waals surface area contributed by atoms with Gasteiger partial charge < -0.3 is 0 Å². The molecule has 0 saturated heterocycles. The monoisotopic (exact) mass is 316 g/mol. The molecule has 0 radical (unpaired) electrons. The first-order chi connectivity index (χ1) is 9.67. The van der Waals surface area contributed by atoms with Gasteiger partial charge in [0.1, 0.15) is 0 Å². The molecule has 0 saturated carbocycles. The van der Waals surface area contributed by atoms with Gasteiger partial charge in [-0.15, -0.1) is 41.2 Å². The van der Waals surface area contributed by atoms with E-state index in [0.29, 0.717) is 4.91 Å². The maximum Gasteiger partial charge on any atom is 0.351 e. The molecule has 0 atom stereocenters. The largest absolute Gasteiger partial charge is 0.351 e. The summed E-state index contributed by atoms with van der Waals surface area (Å²) in [5.74, 6) is 2.10. The third kappa shape index (κ3) is 3.03. The van der Waals surface area contributed by atoms with Crippen LogP contribution in [-0.2, 0) is 0 Å². The summed E-state index contributed by atoms with van der Waals surface area (Å²) < 4.78 is 1.54. The molecule has 98 valence electrons. The first-order valence-electron chi connectivity index (χ1n) is 5.55. The number of nitrogens with one attached hydrogen (secondary N) is 1. The van der Waals surface area contributed by atoms with Crippen molar-refractivity contribution in [1.82, 2.24) is 0 Å². The second kappa shape index (κ2) is 6.60. The van der Waals surface area contributed by atoms with Crippen LogP contribution in [0.3, 0.4) is 0 Å². The average molecular weight is 316 g/mol. The van der Waals surface area contributed by atoms with Gasteiger partial charge in [-0.25, -0.2) is 0 Å². The molecule has 0 amide bonds. The standard InChI is InChI=1S/C14H9N3S3/c15-7-11(8-16)17-5-1-3-10(9-17)13(18)14(19)12-4-2-6-20-12/h1-6,9,15H,(H-,18,19)/p+1/b14-13+. The highest BCUT2D eigenvalue weighted by Crippen LogP contribution is 2.33. The first-order valence-corrected chi connectivity index (χ1v) is 7.32. The van der Waals surface area contributed by atoms with E-state index in [1.165, 1.54) is 4.57 Å². The van der Waals surface area contributed by atoms with Crippen molar-refractivity contribution in [1.29, 1.82) is 10.7 Å². The number of nitriles is 1. The Hall–Kier alpha value is -1.77. The van der Waals surface area contributed by atoms with E-state index >= 15 is 0 Å². The van der Waals surface area contributed by atoms with Crippen molar-refractivity contribution in [2.24, 2.45) is 0 Å². The second-order valence-electron chi connectivity index (χ2n) is 3.76. The van der Waals surface area contributed by atoms with Gasteiger partial charge in [-0.3, -0.25) is 5.41 Å². The van der Waals surface area contributed by atoms with Crippen molar-refractivity contribution in [2.75, 3.05) is 0 Å². The number of rotatable bonds is 3. The van der Waals surface area contributed by atoms with Crippen molar-refractivity contribution in [3.8, 4) is 6.07 Å². The molecule has 3 nitrogen and oxygen atoms in total. The van der Waals surface area contributed by atoms with E-state index in [1.807, 2.05) is 29.6 Å². The number of nitrogens with zero attached hydrogens (tertiary/aromatic N) is 2. The van der Waals surface area contributed by atoms with Gasteiger partial charge in [0.05, 0.1) is 11.4 Å². The van der Waals surface area contributed by atoms with Crippen LogP contribution >= 0.6 is 36.6 Å². The smallest absolute Gasteiger partial charge is 0.252 e. The number of hydrogen-bond acceptors (Lipinski definition) is 5. The van der Waals surface area contributed by atoms with Crippen LogP contribution in [0.2, 0.25) is 0 Å². The minimum Gasteiger partial charge on any atom is -0.252 e. The summed E-state index contributed by atoms with van der Waals surface area (Å²) in [5.41, 5.74) is 0.932. The van der Waals surface area contributed by atoms with Crippen LogP contribution in [0.5, 0.6) is 0 Å². The zero-order valence-corrected chi connectivity index (χ0v) is 12.8. The third-order valence-corrected chi connectivity index (χ3v) is 4.70. The fourth-order valence-electron chi connectivity index (χ4n) is 1.57. The van der Waals surface area contributed by atoms with E-state index in [2.05, 4.69) is 31.1 Å². The predicted octanol–water partition coefficient (Wildman–Crippen LogP) is 3.33. The van der Waals surface area contributed by atoms with Crippen LogP contribution in [0.15, 0.2) is 42.0 Å². The van der Waals surface area contributed by atoms with Crippen LogP contribution in [-0.4, -0.2) is 5.87 Å². The van der Waals surface area contributed by atoms with Crippen LogP contribution < -0.4 is 4.57 Å². The molecule has 0 bridgehead atoms. The predicted molar refractivity (Wildman–Crippen MR) is 88.8 cm³/mol.